The maximum absolute atomic E-state index is 6.87. The molecule has 3 aromatic heterocycles. The van der Waals surface area contributed by atoms with Gasteiger partial charge in [0.15, 0.2) is 46.3 Å². The average molecular weight is 1570 g/mol. The van der Waals surface area contributed by atoms with Gasteiger partial charge in [-0.25, -0.2) is 29.9 Å². The van der Waals surface area contributed by atoms with Gasteiger partial charge < -0.3 is 28.9 Å². The highest BCUT2D eigenvalue weighted by Gasteiger charge is 2.29. The zero-order chi connectivity index (χ0) is 55.4. The van der Waals surface area contributed by atoms with Gasteiger partial charge in [0, 0.05) is 21.9 Å². The Hall–Kier alpha value is -5.84. The predicted molar refractivity (Wildman–Crippen MR) is 343 cm³/mol. The topological polar surface area (TPSA) is 146 Å². The van der Waals surface area contributed by atoms with Crippen LogP contribution in [0.15, 0.2) is 157 Å². The third kappa shape index (κ3) is 9.69. The summed E-state index contributed by atoms with van der Waals surface area (Å²) in [5, 5.41) is 2.65. The zero-order valence-electron chi connectivity index (χ0n) is 41.9. The van der Waals surface area contributed by atoms with Gasteiger partial charge in [-0.3, -0.25) is 0 Å². The SMILES string of the molecule is Cc1cc(Br)c(Oc2cccc3c2-c2nc-3nc3[nH]c(nc4nc(nc5[nH]c(n2)c2cccc(Oc6c(Br)cc(C)cc6Br)c52)-c2cccc(Oc5c(Br)cc(C)cc5Br)c2-4)c2cccc(Oc4c(Br)cc(C)cc4Br)c32)c(Br)c1. The highest BCUT2D eigenvalue weighted by Crippen LogP contribution is 2.50. The molecule has 0 aliphatic carbocycles. The lowest BCUT2D eigenvalue weighted by atomic mass is 10.1. The van der Waals surface area contributed by atoms with E-state index in [-0.39, 0.29) is 0 Å². The van der Waals surface area contributed by atoms with Gasteiger partial charge in [-0.15, -0.1) is 0 Å². The Balaban J connectivity index is 1.15. The highest BCUT2D eigenvalue weighted by atomic mass is 79.9. The summed E-state index contributed by atoms with van der Waals surface area (Å²) in [6.07, 6.45) is 0. The van der Waals surface area contributed by atoms with Gasteiger partial charge in [-0.2, -0.15) is 0 Å². The maximum atomic E-state index is 6.87. The van der Waals surface area contributed by atoms with Crippen LogP contribution in [0.3, 0.4) is 0 Å². The van der Waals surface area contributed by atoms with Gasteiger partial charge >= 0.3 is 0 Å². The van der Waals surface area contributed by atoms with E-state index in [1.54, 1.807) is 0 Å². The lowest BCUT2D eigenvalue weighted by molar-refractivity contribution is 0.478. The summed E-state index contributed by atoms with van der Waals surface area (Å²) in [5.41, 5.74) is 8.42. The summed E-state index contributed by atoms with van der Waals surface area (Å²) in [6, 6.07) is 39.1. The van der Waals surface area contributed by atoms with Gasteiger partial charge in [0.05, 0.1) is 57.7 Å². The molecule has 0 fully saturated rings. The van der Waals surface area contributed by atoms with Crippen molar-refractivity contribution in [2.75, 3.05) is 0 Å². The molecule has 0 amide bonds. The first-order valence-electron chi connectivity index (χ1n) is 24.4. The van der Waals surface area contributed by atoms with Crippen molar-refractivity contribution in [2.24, 2.45) is 0 Å². The van der Waals surface area contributed by atoms with Crippen molar-refractivity contribution in [3.8, 4) is 91.5 Å². The lowest BCUT2D eigenvalue weighted by Crippen LogP contribution is -1.92. The van der Waals surface area contributed by atoms with Crippen LogP contribution in [0.25, 0.3) is 89.7 Å². The number of fused-ring (bicyclic) bond motifs is 20. The number of benzene rings is 8. The molecule has 2 aliphatic rings. The first-order valence-corrected chi connectivity index (χ1v) is 30.8. The number of hydrogen-bond acceptors (Lipinski definition) is 10. The zero-order valence-corrected chi connectivity index (χ0v) is 54.6. The molecular formula is C60H34Br8N8O4. The molecule has 13 rings (SSSR count). The number of hydrogen-bond donors (Lipinski definition) is 2. The Kier molecular flexibility index (Phi) is 14.1. The van der Waals surface area contributed by atoms with Crippen molar-refractivity contribution in [3.63, 3.8) is 0 Å². The normalized spacial score (nSPS) is 11.8. The molecule has 0 saturated carbocycles. The number of aromatic nitrogens is 8. The molecule has 12 nitrogen and oxygen atoms in total. The minimum atomic E-state index is 0.324. The summed E-state index contributed by atoms with van der Waals surface area (Å²) in [4.78, 5) is 39.4. The van der Waals surface area contributed by atoms with E-state index >= 15 is 0 Å². The average Bonchev–Trinajstić information content (AvgIpc) is 4.18. The molecule has 11 aromatic rings. The van der Waals surface area contributed by atoms with Crippen LogP contribution in [0.5, 0.6) is 46.0 Å². The van der Waals surface area contributed by atoms with Gasteiger partial charge in [-0.05, 0) is 250 Å². The Labute approximate surface area is 523 Å². The Morgan fingerprint density at radius 3 is 0.912 bits per heavy atom. The van der Waals surface area contributed by atoms with Crippen molar-refractivity contribution in [3.05, 3.63) is 179 Å². The van der Waals surface area contributed by atoms with E-state index in [1.807, 2.05) is 149 Å². The van der Waals surface area contributed by atoms with Crippen LogP contribution in [0.2, 0.25) is 0 Å². The second kappa shape index (κ2) is 21.2. The van der Waals surface area contributed by atoms with Crippen LogP contribution in [-0.4, -0.2) is 39.9 Å². The lowest BCUT2D eigenvalue weighted by Gasteiger charge is -2.13. The minimum absolute atomic E-state index is 0.324. The standard InChI is InChI=1S/C60H34Br8N8O4/c1-25-17-33(61)49(34(62)18-25)77-41-13-5-9-29-45(41)57-69-53(29)74-58-47-31(11-7-15-43(47)79-51-37(65)21-27(3)22-38(51)66)55(71-58)76-60-48-32(12-8-16-44(48)80-52-39(67)23-28(4)24-40(52)68)56(72-60)75-59-46-30(54(70-59)73-57)10-6-14-42(46)78-50-35(63)19-26(2)20-36(50)64/h5-24H,1-4H3,(H2,69,70,71,72,73,74,75,76). The van der Waals surface area contributed by atoms with Gasteiger partial charge in [-0.1, -0.05) is 48.5 Å². The summed E-state index contributed by atoms with van der Waals surface area (Å²) in [7, 11) is 0. The molecule has 0 atom stereocenters. The molecule has 0 radical (unpaired) electrons. The van der Waals surface area contributed by atoms with E-state index < -0.39 is 0 Å². The van der Waals surface area contributed by atoms with Crippen LogP contribution >= 0.6 is 127 Å². The van der Waals surface area contributed by atoms with E-state index in [0.717, 1.165) is 58.0 Å². The monoisotopic (exact) mass is 1560 g/mol. The van der Waals surface area contributed by atoms with Crippen LogP contribution in [-0.2, 0) is 0 Å². The number of aryl methyl sites for hydroxylation is 4. The van der Waals surface area contributed by atoms with E-state index in [1.165, 1.54) is 0 Å². The van der Waals surface area contributed by atoms with E-state index in [4.69, 9.17) is 48.9 Å². The third-order valence-corrected chi connectivity index (χ3v) is 17.9. The van der Waals surface area contributed by atoms with Gasteiger partial charge in [0.1, 0.15) is 45.6 Å². The molecule has 394 valence electrons. The summed E-state index contributed by atoms with van der Waals surface area (Å²) >= 11 is 30.1. The number of nitrogens with one attached hydrogen (secondary N) is 2. The van der Waals surface area contributed by atoms with Crippen LogP contribution in [0, 0.1) is 27.7 Å². The molecule has 5 heterocycles. The minimum Gasteiger partial charge on any atom is -0.454 e. The predicted octanol–water partition coefficient (Wildman–Crippen LogP) is 21.4. The number of nitrogens with zero attached hydrogens (tertiary/aromatic N) is 6. The second-order valence-electron chi connectivity index (χ2n) is 19.0. The number of halogens is 8. The Bertz CT molecular complexity index is 4300. The molecule has 20 heteroatoms. The fourth-order valence-electron chi connectivity index (χ4n) is 9.77. The van der Waals surface area contributed by atoms with Crippen molar-refractivity contribution in [1.29, 1.82) is 0 Å². The molecule has 0 saturated heterocycles. The van der Waals surface area contributed by atoms with Crippen LogP contribution < -0.4 is 18.9 Å². The largest absolute Gasteiger partial charge is 0.454 e. The number of rotatable bonds is 8. The van der Waals surface area contributed by atoms with Crippen molar-refractivity contribution in [2.45, 2.75) is 27.7 Å². The first-order chi connectivity index (χ1) is 38.5. The molecule has 8 bridgehead atoms. The number of H-pyrrole nitrogens is 2. The van der Waals surface area contributed by atoms with E-state index in [9.17, 15) is 0 Å². The van der Waals surface area contributed by atoms with Crippen LogP contribution in [0.1, 0.15) is 22.3 Å². The number of ether oxygens (including phenoxy) is 4. The smallest absolute Gasteiger partial charge is 0.168 e. The molecule has 80 heavy (non-hydrogen) atoms. The summed E-state index contributed by atoms with van der Waals surface area (Å²) in [5.74, 6) is 5.65. The van der Waals surface area contributed by atoms with Crippen molar-refractivity contribution in [1.82, 2.24) is 39.9 Å². The van der Waals surface area contributed by atoms with Crippen molar-refractivity contribution < 1.29 is 18.9 Å². The molecule has 8 aromatic carbocycles. The summed E-state index contributed by atoms with van der Waals surface area (Å²) < 4.78 is 33.6. The number of aromatic amines is 2. The third-order valence-electron chi connectivity index (χ3n) is 13.2. The molecule has 0 spiro atoms. The Morgan fingerprint density at radius 2 is 0.588 bits per heavy atom. The fourth-order valence-corrected chi connectivity index (χ4v) is 16.1. The van der Waals surface area contributed by atoms with Gasteiger partial charge in [0.25, 0.3) is 0 Å². The molecule has 2 aliphatic heterocycles. The molecule has 0 unspecified atom stereocenters. The van der Waals surface area contributed by atoms with Gasteiger partial charge in [0.2, 0.25) is 0 Å². The van der Waals surface area contributed by atoms with E-state index in [2.05, 4.69) is 137 Å². The quantitative estimate of drug-likeness (QED) is 0.151. The molecule has 2 N–H and O–H groups in total. The second-order valence-corrected chi connectivity index (χ2v) is 25.8. The first kappa shape index (κ1) is 53.5. The Morgan fingerprint density at radius 1 is 0.312 bits per heavy atom. The maximum Gasteiger partial charge on any atom is 0.168 e. The summed E-state index contributed by atoms with van der Waals surface area (Å²) in [6.45, 7) is 8.08. The highest BCUT2D eigenvalue weighted by molar-refractivity contribution is 9.12. The molecular weight excluding hydrogens is 1540 g/mol. The van der Waals surface area contributed by atoms with Crippen molar-refractivity contribution >= 4 is 172 Å². The fraction of sp³-hybridized carbons (Fsp3) is 0.0667. The van der Waals surface area contributed by atoms with E-state index in [0.29, 0.717) is 136 Å². The van der Waals surface area contributed by atoms with Crippen LogP contribution in [0.4, 0.5) is 0 Å².